The smallest absolute Gasteiger partial charge is 0.326 e. The highest BCUT2D eigenvalue weighted by Gasteiger charge is 2.42. The van der Waals surface area contributed by atoms with Crippen LogP contribution in [0.15, 0.2) is 24.3 Å². The summed E-state index contributed by atoms with van der Waals surface area (Å²) >= 11 is 0. The van der Waals surface area contributed by atoms with Gasteiger partial charge in [-0.3, -0.25) is 76.7 Å². The highest BCUT2D eigenvalue weighted by molar-refractivity contribution is 6.02. The van der Waals surface area contributed by atoms with Crippen molar-refractivity contribution >= 4 is 100 Å². The van der Waals surface area contributed by atoms with Crippen molar-refractivity contribution in [3.8, 4) is 5.75 Å². The van der Waals surface area contributed by atoms with Crippen LogP contribution in [0.2, 0.25) is 0 Å². The average molecular weight is 1500 g/mol. The number of amides is 16. The number of carbonyl (C=O) groups excluding carboxylic acids is 16. The van der Waals surface area contributed by atoms with E-state index in [9.17, 15) is 91.7 Å². The van der Waals surface area contributed by atoms with Crippen LogP contribution in [0.1, 0.15) is 164 Å². The maximum absolute atomic E-state index is 14.7. The van der Waals surface area contributed by atoms with Crippen molar-refractivity contribution in [3.05, 3.63) is 29.8 Å². The van der Waals surface area contributed by atoms with Crippen molar-refractivity contribution in [3.63, 3.8) is 0 Å². The highest BCUT2D eigenvalue weighted by Crippen LogP contribution is 2.22. The van der Waals surface area contributed by atoms with E-state index in [4.69, 9.17) is 40.1 Å². The Morgan fingerprint density at radius 1 is 0.472 bits per heavy atom. The number of likely N-dealkylation sites (tertiary alicyclic amines) is 1. The fraction of sp³-hybridized carbons (Fsp3) is 0.662. The van der Waals surface area contributed by atoms with E-state index in [0.29, 0.717) is 19.3 Å². The zero-order valence-electron chi connectivity index (χ0n) is 61.7. The summed E-state index contributed by atoms with van der Waals surface area (Å²) in [6, 6.07) is -13.1. The summed E-state index contributed by atoms with van der Waals surface area (Å²) in [6.45, 7) is 13.2. The molecule has 1 aliphatic heterocycles. The molecule has 16 amide bonds. The first kappa shape index (κ1) is 92.0. The first-order valence-electron chi connectivity index (χ1n) is 35.7. The van der Waals surface area contributed by atoms with Gasteiger partial charge < -0.3 is 114 Å². The van der Waals surface area contributed by atoms with Crippen molar-refractivity contribution < 1.29 is 91.7 Å². The number of aliphatic carboxylic acids is 1. The summed E-state index contributed by atoms with van der Waals surface area (Å²) in [7, 11) is 0. The van der Waals surface area contributed by atoms with Gasteiger partial charge in [0.05, 0.1) is 38.3 Å². The Bertz CT molecular complexity index is 3210. The lowest BCUT2D eigenvalue weighted by Gasteiger charge is -2.31. The van der Waals surface area contributed by atoms with E-state index >= 15 is 0 Å². The Morgan fingerprint density at radius 2 is 0.868 bits per heavy atom. The summed E-state index contributed by atoms with van der Waals surface area (Å²) in [5.41, 5.74) is 40.0. The molecule has 1 heterocycles. The van der Waals surface area contributed by atoms with Crippen molar-refractivity contribution in [2.24, 2.45) is 63.8 Å². The third-order valence-electron chi connectivity index (χ3n) is 17.6. The molecule has 1 aliphatic rings. The number of nitrogens with two attached hydrogens (primary N) is 7. The molecular formula is C68H113N19O19. The maximum atomic E-state index is 14.7. The Labute approximate surface area is 616 Å². The molecule has 1 saturated heterocycles. The van der Waals surface area contributed by atoms with Crippen LogP contribution in [0.5, 0.6) is 5.75 Å². The zero-order chi connectivity index (χ0) is 80.2. The molecule has 0 bridgehead atoms. The Hall–Kier alpha value is -10.1. The average Bonchev–Trinajstić information content (AvgIpc) is 1.73. The van der Waals surface area contributed by atoms with Crippen LogP contribution < -0.4 is 98.6 Å². The number of carbonyl (C=O) groups is 17. The number of hydrogen-bond donors (Lipinski definition) is 20. The topological polar surface area (TPSA) is 648 Å². The molecule has 38 nitrogen and oxygen atoms in total. The molecule has 0 unspecified atom stereocenters. The van der Waals surface area contributed by atoms with Gasteiger partial charge in [0, 0.05) is 13.0 Å². The lowest BCUT2D eigenvalue weighted by atomic mass is 9.97. The van der Waals surface area contributed by atoms with Crippen molar-refractivity contribution in [1.82, 2.24) is 63.4 Å². The lowest BCUT2D eigenvalue weighted by molar-refractivity contribution is -0.144. The quantitative estimate of drug-likeness (QED) is 0.0270. The Kier molecular flexibility index (Phi) is 40.5. The number of nitrogens with one attached hydrogen (secondary N) is 11. The van der Waals surface area contributed by atoms with Gasteiger partial charge in [-0.25, -0.2) is 4.79 Å². The molecule has 0 saturated carbocycles. The van der Waals surface area contributed by atoms with Crippen LogP contribution >= 0.6 is 0 Å². The van der Waals surface area contributed by atoms with Gasteiger partial charge in [-0.1, -0.05) is 80.4 Å². The molecule has 594 valence electrons. The van der Waals surface area contributed by atoms with Gasteiger partial charge in [-0.15, -0.1) is 0 Å². The fourth-order valence-corrected chi connectivity index (χ4v) is 11.3. The number of carboxylic acid groups (broad SMARTS) is 1. The predicted octanol–water partition coefficient (Wildman–Crippen LogP) is -5.75. The number of nitrogens with zero attached hydrogens (tertiary/aromatic N) is 1. The molecule has 1 aromatic carbocycles. The van der Waals surface area contributed by atoms with Crippen molar-refractivity contribution in [2.45, 2.75) is 237 Å². The first-order valence-corrected chi connectivity index (χ1v) is 35.7. The van der Waals surface area contributed by atoms with Gasteiger partial charge in [0.15, 0.2) is 0 Å². The lowest BCUT2D eigenvalue weighted by Crippen LogP contribution is -2.61. The van der Waals surface area contributed by atoms with E-state index < -0.39 is 218 Å². The van der Waals surface area contributed by atoms with Gasteiger partial charge in [-0.05, 0) is 119 Å². The second-order valence-electron chi connectivity index (χ2n) is 27.5. The first-order chi connectivity index (χ1) is 49.8. The van der Waals surface area contributed by atoms with E-state index in [1.54, 1.807) is 41.5 Å². The minimum absolute atomic E-state index is 0.0460. The Balaban J connectivity index is 2.51. The summed E-state index contributed by atoms with van der Waals surface area (Å²) in [5, 5.41) is 46.7. The van der Waals surface area contributed by atoms with Crippen LogP contribution in [0.3, 0.4) is 0 Å². The second-order valence-corrected chi connectivity index (χ2v) is 27.5. The van der Waals surface area contributed by atoms with Gasteiger partial charge in [-0.2, -0.15) is 0 Å². The van der Waals surface area contributed by atoms with Crippen LogP contribution in [0, 0.1) is 23.7 Å². The van der Waals surface area contributed by atoms with Gasteiger partial charge in [0.25, 0.3) is 0 Å². The SMILES string of the molecule is CC[C@@H](C)[C@@H](NC(=O)CNC(=O)[C@@H](CC(N)=O)NC(=O)[C@@H](CC(C)C)NC(=O)[C@@H](N)[C@@H](C)CC)C(=O)N[C@H](CC(N)=O)C(=O)N[C@H](CC(N)=O)C(=O)N[C@H](Cc1ccc(O)cc1)C(=O)N[C@H](CCCCN)C(=O)N[C@H](CC(N)=O)C(=O)N1CCC[C@H]1C(=O)N[C@H](CCCCN)C(=O)N[C@H](CC(C)C)C(=O)O. The van der Waals surface area contributed by atoms with E-state index in [0.717, 1.165) is 4.90 Å². The summed E-state index contributed by atoms with van der Waals surface area (Å²) in [5.74, 6) is -19.4. The number of unbranched alkanes of at least 4 members (excludes halogenated alkanes) is 2. The number of aromatic hydroxyl groups is 1. The van der Waals surface area contributed by atoms with Crippen LogP contribution in [0.4, 0.5) is 0 Å². The third kappa shape index (κ3) is 32.9. The number of benzene rings is 1. The van der Waals surface area contributed by atoms with Gasteiger partial charge in [0.2, 0.25) is 94.5 Å². The second kappa shape index (κ2) is 46.7. The molecular weight excluding hydrogens is 1390 g/mol. The van der Waals surface area contributed by atoms with E-state index in [-0.39, 0.29) is 106 Å². The molecule has 106 heavy (non-hydrogen) atoms. The zero-order valence-corrected chi connectivity index (χ0v) is 61.7. The molecule has 14 atom stereocenters. The number of primary amides is 4. The maximum Gasteiger partial charge on any atom is 0.326 e. The number of phenols is 1. The van der Waals surface area contributed by atoms with Crippen LogP contribution in [-0.2, 0) is 87.9 Å². The normalized spacial score (nSPS) is 16.3. The Morgan fingerprint density at radius 3 is 1.34 bits per heavy atom. The number of rotatable bonds is 50. The summed E-state index contributed by atoms with van der Waals surface area (Å²) < 4.78 is 0. The molecule has 0 aliphatic carbocycles. The minimum Gasteiger partial charge on any atom is -0.508 e. The van der Waals surface area contributed by atoms with Gasteiger partial charge in [0.1, 0.15) is 72.2 Å². The van der Waals surface area contributed by atoms with Crippen LogP contribution in [0.25, 0.3) is 0 Å². The highest BCUT2D eigenvalue weighted by atomic mass is 16.4. The van der Waals surface area contributed by atoms with E-state index in [1.807, 2.05) is 6.92 Å². The number of carboxylic acids is 1. The minimum atomic E-state index is -2.02. The molecule has 1 aromatic rings. The molecule has 0 radical (unpaired) electrons. The molecule has 38 heteroatoms. The number of hydrogen-bond acceptors (Lipinski definition) is 21. The van der Waals surface area contributed by atoms with E-state index in [2.05, 4.69) is 58.5 Å². The summed E-state index contributed by atoms with van der Waals surface area (Å²) in [4.78, 5) is 231. The standard InChI is InChI=1S/C68H113N19O19/c1-9-36(7)55(75)65(102)82-42(26-34(3)4)60(97)80-44(29-50(71)89)57(94)76-33-54(93)86-56(37(8)10-2)66(103)83-46(31-52(73)91)63(100)81-45(30-51(72)90)62(99)79-43(28-38-19-21-39(88)22-20-38)61(98)77-40(16-11-13-23-69)58(95)84-47(32-53(74)92)67(104)87-25-15-18-49(87)64(101)78-41(17-12-14-24-70)59(96)85-48(68(105)106)27-35(5)6/h19-22,34-37,40-49,55-56,88H,9-18,23-33,69-70,75H2,1-8H3,(H2,71,89)(H2,72,90)(H2,73,91)(H2,74,92)(H,76,94)(H,77,98)(H,78,101)(H,79,99)(H,80,97)(H,81,100)(H,82,102)(H,83,103)(H,84,95)(H,85,96)(H,86,93)(H,105,106)/t36-,37+,40+,41+,42+,43+,44+,45+,46+,47+,48+,49-,55-,56+/m0/s1. The number of phenolic OH excluding ortho intramolecular Hbond substituents is 1. The van der Waals surface area contributed by atoms with Gasteiger partial charge >= 0.3 is 5.97 Å². The fourth-order valence-electron chi connectivity index (χ4n) is 11.3. The largest absolute Gasteiger partial charge is 0.508 e. The van der Waals surface area contributed by atoms with Crippen molar-refractivity contribution in [2.75, 3.05) is 26.2 Å². The molecule has 27 N–H and O–H groups in total. The van der Waals surface area contributed by atoms with Crippen molar-refractivity contribution in [1.29, 1.82) is 0 Å². The third-order valence-corrected chi connectivity index (χ3v) is 17.6. The molecule has 1 fully saturated rings. The van der Waals surface area contributed by atoms with Crippen LogP contribution in [-0.4, -0.2) is 214 Å². The molecule has 0 spiro atoms. The molecule has 2 rings (SSSR count). The predicted molar refractivity (Wildman–Crippen MR) is 383 cm³/mol. The van der Waals surface area contributed by atoms with E-state index in [1.165, 1.54) is 31.2 Å². The summed E-state index contributed by atoms with van der Waals surface area (Å²) in [6.07, 6.45) is -1.70. The molecule has 0 aromatic heterocycles. The monoisotopic (exact) mass is 1500 g/mol.